The van der Waals surface area contributed by atoms with Crippen LogP contribution in [0, 0.1) is 0 Å². The highest BCUT2D eigenvalue weighted by Gasteiger charge is 2.18. The molecule has 0 heterocycles. The zero-order chi connectivity index (χ0) is 18.9. The Balaban J connectivity index is 1.97. The van der Waals surface area contributed by atoms with Gasteiger partial charge in [0.05, 0.1) is 22.0 Å². The predicted molar refractivity (Wildman–Crippen MR) is 104 cm³/mol. The molecule has 8 heteroatoms. The molecule has 0 unspecified atom stereocenters. The van der Waals surface area contributed by atoms with E-state index in [1.807, 2.05) is 24.3 Å². The van der Waals surface area contributed by atoms with E-state index < -0.39 is 10.0 Å². The molecule has 0 radical (unpaired) electrons. The zero-order valence-electron chi connectivity index (χ0n) is 13.7. The zero-order valence-corrected chi connectivity index (χ0v) is 16.1. The molecule has 134 valence electrons. The fraction of sp³-hybridized carbons (Fsp3) is 0.0556. The van der Waals surface area contributed by atoms with E-state index in [1.54, 1.807) is 6.07 Å². The average molecular weight is 435 g/mol. The molecular weight excluding hydrogens is 420 g/mol. The quantitative estimate of drug-likeness (QED) is 0.655. The van der Waals surface area contributed by atoms with Gasteiger partial charge in [-0.1, -0.05) is 24.3 Å². The Hall–Kier alpha value is -2.42. The van der Waals surface area contributed by atoms with Crippen LogP contribution in [0.15, 0.2) is 64.0 Å². The van der Waals surface area contributed by atoms with Crippen molar-refractivity contribution in [2.24, 2.45) is 5.14 Å². The van der Waals surface area contributed by atoms with E-state index in [0.29, 0.717) is 21.5 Å². The lowest BCUT2D eigenvalue weighted by Gasteiger charge is -2.13. The van der Waals surface area contributed by atoms with Crippen molar-refractivity contribution < 1.29 is 17.9 Å². The van der Waals surface area contributed by atoms with E-state index >= 15 is 0 Å². The number of sulfonamides is 1. The number of carbonyl (C=O) groups excluding carboxylic acids is 1. The van der Waals surface area contributed by atoms with Gasteiger partial charge in [0.2, 0.25) is 10.0 Å². The van der Waals surface area contributed by atoms with Gasteiger partial charge in [0.15, 0.2) is 0 Å². The van der Waals surface area contributed by atoms with Gasteiger partial charge >= 0.3 is 0 Å². The molecular formula is C18H15BrN2O4S. The van der Waals surface area contributed by atoms with Crippen LogP contribution in [-0.2, 0) is 10.0 Å². The van der Waals surface area contributed by atoms with Crippen LogP contribution < -0.4 is 15.2 Å². The van der Waals surface area contributed by atoms with Crippen molar-refractivity contribution in [2.45, 2.75) is 4.90 Å². The molecule has 0 bridgehead atoms. The van der Waals surface area contributed by atoms with Crippen molar-refractivity contribution in [3.05, 3.63) is 64.6 Å². The lowest BCUT2D eigenvalue weighted by atomic mass is 10.1. The third-order valence-corrected chi connectivity index (χ3v) is 5.55. The number of primary sulfonamides is 1. The molecule has 6 nitrogen and oxygen atoms in total. The monoisotopic (exact) mass is 434 g/mol. The van der Waals surface area contributed by atoms with Crippen molar-refractivity contribution >= 4 is 48.3 Å². The molecule has 0 fully saturated rings. The van der Waals surface area contributed by atoms with Crippen molar-refractivity contribution in [1.82, 2.24) is 0 Å². The van der Waals surface area contributed by atoms with Gasteiger partial charge in [-0.25, -0.2) is 13.6 Å². The van der Waals surface area contributed by atoms with Gasteiger partial charge in [-0.3, -0.25) is 4.79 Å². The summed E-state index contributed by atoms with van der Waals surface area (Å²) in [5.74, 6) is 0.0408. The van der Waals surface area contributed by atoms with Crippen LogP contribution in [0.25, 0.3) is 10.8 Å². The molecule has 0 saturated carbocycles. The Morgan fingerprint density at radius 3 is 2.38 bits per heavy atom. The molecule has 0 spiro atoms. The van der Waals surface area contributed by atoms with Crippen LogP contribution in [-0.4, -0.2) is 21.4 Å². The van der Waals surface area contributed by atoms with E-state index in [4.69, 9.17) is 9.88 Å². The molecule has 0 saturated heterocycles. The molecule has 0 aromatic heterocycles. The van der Waals surface area contributed by atoms with Gasteiger partial charge in [-0.05, 0) is 57.0 Å². The van der Waals surface area contributed by atoms with Gasteiger partial charge in [-0.15, -0.1) is 0 Å². The second kappa shape index (κ2) is 7.06. The maximum atomic E-state index is 12.7. The van der Waals surface area contributed by atoms with Crippen LogP contribution in [0.3, 0.4) is 0 Å². The summed E-state index contributed by atoms with van der Waals surface area (Å²) < 4.78 is 28.7. The number of amides is 1. The third-order valence-electron chi connectivity index (χ3n) is 3.83. The highest BCUT2D eigenvalue weighted by atomic mass is 79.9. The van der Waals surface area contributed by atoms with Crippen molar-refractivity contribution in [2.75, 3.05) is 12.4 Å². The number of ether oxygens (including phenoxy) is 1. The molecule has 26 heavy (non-hydrogen) atoms. The number of hydrogen-bond acceptors (Lipinski definition) is 4. The van der Waals surface area contributed by atoms with Crippen LogP contribution in [0.2, 0.25) is 0 Å². The smallest absolute Gasteiger partial charge is 0.259 e. The summed E-state index contributed by atoms with van der Waals surface area (Å²) in [5, 5.41) is 9.61. The molecule has 3 aromatic rings. The van der Waals surface area contributed by atoms with Crippen molar-refractivity contribution in [3.8, 4) is 5.75 Å². The van der Waals surface area contributed by atoms with Crippen LogP contribution in [0.4, 0.5) is 5.69 Å². The first-order valence-electron chi connectivity index (χ1n) is 7.50. The number of benzene rings is 3. The van der Waals surface area contributed by atoms with Crippen LogP contribution >= 0.6 is 15.9 Å². The van der Waals surface area contributed by atoms with Crippen LogP contribution in [0.5, 0.6) is 5.75 Å². The molecule has 3 N–H and O–H groups in total. The summed E-state index contributed by atoms with van der Waals surface area (Å²) in [7, 11) is -2.29. The standard InChI is InChI=1S/C18H15BrN2O4S/c1-25-17-15(10-11-4-2-3-5-14(11)16(17)19)18(22)21-12-6-8-13(9-7-12)26(20,23)24/h2-10H,1H3,(H,21,22)(H2,20,23,24). The minimum Gasteiger partial charge on any atom is -0.495 e. The lowest BCUT2D eigenvalue weighted by molar-refractivity contribution is 0.102. The highest BCUT2D eigenvalue weighted by Crippen LogP contribution is 2.36. The molecule has 0 aliphatic heterocycles. The first-order valence-corrected chi connectivity index (χ1v) is 9.84. The fourth-order valence-electron chi connectivity index (χ4n) is 2.58. The van der Waals surface area contributed by atoms with E-state index in [-0.39, 0.29) is 10.8 Å². The number of hydrogen-bond donors (Lipinski definition) is 2. The number of anilines is 1. The molecule has 1 amide bonds. The Labute approximate surface area is 159 Å². The summed E-state index contributed by atoms with van der Waals surface area (Å²) in [5.41, 5.74) is 0.794. The SMILES string of the molecule is COc1c(C(=O)Nc2ccc(S(N)(=O)=O)cc2)cc2ccccc2c1Br. The first kappa shape index (κ1) is 18.4. The summed E-state index contributed by atoms with van der Waals surface area (Å²) in [6.07, 6.45) is 0. The number of nitrogens with two attached hydrogens (primary N) is 1. The molecule has 0 aliphatic carbocycles. The predicted octanol–water partition coefficient (Wildman–Crippen LogP) is 3.51. The minimum absolute atomic E-state index is 0.0264. The number of rotatable bonds is 4. The number of fused-ring (bicyclic) bond motifs is 1. The van der Waals surface area contributed by atoms with Crippen LogP contribution in [0.1, 0.15) is 10.4 Å². The van der Waals surface area contributed by atoms with Crippen molar-refractivity contribution in [3.63, 3.8) is 0 Å². The summed E-state index contributed by atoms with van der Waals surface area (Å²) in [6, 6.07) is 15.0. The average Bonchev–Trinajstić information content (AvgIpc) is 2.61. The molecule has 0 atom stereocenters. The maximum Gasteiger partial charge on any atom is 0.259 e. The molecule has 3 aromatic carbocycles. The van der Waals surface area contributed by atoms with E-state index in [9.17, 15) is 13.2 Å². The molecule has 0 aliphatic rings. The van der Waals surface area contributed by atoms with E-state index in [0.717, 1.165) is 10.8 Å². The second-order valence-electron chi connectivity index (χ2n) is 5.52. The highest BCUT2D eigenvalue weighted by molar-refractivity contribution is 9.10. The van der Waals surface area contributed by atoms with Gasteiger partial charge in [0.1, 0.15) is 5.75 Å². The van der Waals surface area contributed by atoms with E-state index in [2.05, 4.69) is 21.2 Å². The lowest BCUT2D eigenvalue weighted by Crippen LogP contribution is -2.15. The third kappa shape index (κ3) is 3.57. The van der Waals surface area contributed by atoms with Gasteiger partial charge in [0, 0.05) is 5.69 Å². The Morgan fingerprint density at radius 1 is 1.12 bits per heavy atom. The Bertz CT molecular complexity index is 1100. The first-order chi connectivity index (χ1) is 12.3. The van der Waals surface area contributed by atoms with Gasteiger partial charge in [-0.2, -0.15) is 0 Å². The summed E-state index contributed by atoms with van der Waals surface area (Å²) in [4.78, 5) is 12.7. The number of nitrogens with one attached hydrogen (secondary N) is 1. The van der Waals surface area contributed by atoms with Gasteiger partial charge < -0.3 is 10.1 Å². The second-order valence-corrected chi connectivity index (χ2v) is 7.87. The van der Waals surface area contributed by atoms with E-state index in [1.165, 1.54) is 31.4 Å². The Kier molecular flexibility index (Phi) is 4.99. The largest absolute Gasteiger partial charge is 0.495 e. The topological polar surface area (TPSA) is 98.5 Å². The number of carbonyl (C=O) groups is 1. The Morgan fingerprint density at radius 2 is 1.77 bits per heavy atom. The van der Waals surface area contributed by atoms with Crippen molar-refractivity contribution in [1.29, 1.82) is 0 Å². The number of halogens is 1. The van der Waals surface area contributed by atoms with Gasteiger partial charge in [0.25, 0.3) is 5.91 Å². The fourth-order valence-corrected chi connectivity index (χ4v) is 3.83. The maximum absolute atomic E-state index is 12.7. The minimum atomic E-state index is -3.78. The summed E-state index contributed by atoms with van der Waals surface area (Å²) >= 11 is 3.49. The summed E-state index contributed by atoms with van der Waals surface area (Å²) in [6.45, 7) is 0. The number of methoxy groups -OCH3 is 1. The normalized spacial score (nSPS) is 11.3. The molecule has 3 rings (SSSR count).